The van der Waals surface area contributed by atoms with Gasteiger partial charge in [-0.05, 0) is 42.5 Å². The summed E-state index contributed by atoms with van der Waals surface area (Å²) in [4.78, 5) is 28.7. The predicted octanol–water partition coefficient (Wildman–Crippen LogP) is 2.99. The van der Waals surface area contributed by atoms with Gasteiger partial charge in [0, 0.05) is 13.1 Å². The Morgan fingerprint density at radius 3 is 2.52 bits per heavy atom. The number of rotatable bonds is 5. The molecule has 2 aliphatic heterocycles. The van der Waals surface area contributed by atoms with E-state index in [-0.39, 0.29) is 36.6 Å². The van der Waals surface area contributed by atoms with E-state index in [2.05, 4.69) is 17.0 Å². The van der Waals surface area contributed by atoms with Crippen molar-refractivity contribution < 1.29 is 14.0 Å². The molecule has 2 amide bonds. The van der Waals surface area contributed by atoms with Crippen molar-refractivity contribution in [1.82, 2.24) is 9.80 Å². The molecule has 4 rings (SSSR count). The van der Waals surface area contributed by atoms with Crippen molar-refractivity contribution in [1.29, 1.82) is 0 Å². The molecule has 0 saturated carbocycles. The number of likely N-dealkylation sites (tertiary alicyclic amines) is 2. The van der Waals surface area contributed by atoms with E-state index in [1.54, 1.807) is 18.2 Å². The van der Waals surface area contributed by atoms with E-state index >= 15 is 0 Å². The molecule has 2 aromatic carbocycles. The van der Waals surface area contributed by atoms with Gasteiger partial charge in [0.15, 0.2) is 0 Å². The molecule has 5 heteroatoms. The van der Waals surface area contributed by atoms with Gasteiger partial charge in [-0.25, -0.2) is 4.39 Å². The van der Waals surface area contributed by atoms with Crippen LogP contribution in [0.25, 0.3) is 0 Å². The molecule has 27 heavy (non-hydrogen) atoms. The van der Waals surface area contributed by atoms with Crippen LogP contribution in [0.3, 0.4) is 0 Å². The van der Waals surface area contributed by atoms with Gasteiger partial charge in [0.05, 0.1) is 12.5 Å². The van der Waals surface area contributed by atoms with Crippen LogP contribution in [0.4, 0.5) is 4.39 Å². The molecule has 2 aliphatic rings. The lowest BCUT2D eigenvalue weighted by atomic mass is 9.99. The summed E-state index contributed by atoms with van der Waals surface area (Å²) in [5.74, 6) is -0.172. The number of imide groups is 1. The van der Waals surface area contributed by atoms with Gasteiger partial charge in [-0.15, -0.1) is 0 Å². The number of halogens is 1. The highest BCUT2D eigenvalue weighted by molar-refractivity contribution is 6.05. The Morgan fingerprint density at radius 2 is 1.74 bits per heavy atom. The van der Waals surface area contributed by atoms with Gasteiger partial charge in [0.2, 0.25) is 11.8 Å². The number of amides is 2. The Bertz CT molecular complexity index is 839. The summed E-state index contributed by atoms with van der Waals surface area (Å²) in [7, 11) is 0. The molecule has 0 radical (unpaired) electrons. The summed E-state index contributed by atoms with van der Waals surface area (Å²) in [6, 6.07) is 16.4. The van der Waals surface area contributed by atoms with Crippen LogP contribution in [0, 0.1) is 5.82 Å². The molecule has 2 heterocycles. The van der Waals surface area contributed by atoms with Gasteiger partial charge < -0.3 is 0 Å². The minimum atomic E-state index is -0.369. The Labute approximate surface area is 158 Å². The largest absolute Gasteiger partial charge is 0.291 e. The van der Waals surface area contributed by atoms with Crippen LogP contribution < -0.4 is 0 Å². The van der Waals surface area contributed by atoms with Crippen LogP contribution in [0.5, 0.6) is 0 Å². The van der Waals surface area contributed by atoms with E-state index in [0.29, 0.717) is 17.9 Å². The second-order valence-corrected chi connectivity index (χ2v) is 7.34. The second kappa shape index (κ2) is 7.61. The van der Waals surface area contributed by atoms with Crippen molar-refractivity contribution >= 4 is 11.8 Å². The lowest BCUT2D eigenvalue weighted by Crippen LogP contribution is -2.41. The molecular formula is C22H23FN2O2. The number of benzene rings is 2. The quantitative estimate of drug-likeness (QED) is 0.764. The molecule has 2 fully saturated rings. The zero-order valence-corrected chi connectivity index (χ0v) is 15.2. The first-order chi connectivity index (χ1) is 13.1. The maximum atomic E-state index is 13.8. The maximum Gasteiger partial charge on any atom is 0.247 e. The van der Waals surface area contributed by atoms with Gasteiger partial charge in [-0.3, -0.25) is 19.4 Å². The van der Waals surface area contributed by atoms with Crippen molar-refractivity contribution in [3.63, 3.8) is 0 Å². The molecule has 2 atom stereocenters. The molecule has 0 N–H and O–H groups in total. The van der Waals surface area contributed by atoms with E-state index in [4.69, 9.17) is 0 Å². The highest BCUT2D eigenvalue weighted by atomic mass is 19.1. The van der Waals surface area contributed by atoms with E-state index in [1.807, 2.05) is 18.2 Å². The minimum absolute atomic E-state index is 0.134. The van der Waals surface area contributed by atoms with Crippen LogP contribution in [-0.2, 0) is 16.0 Å². The van der Waals surface area contributed by atoms with Gasteiger partial charge in [0.25, 0.3) is 0 Å². The topological polar surface area (TPSA) is 40.6 Å². The fraction of sp³-hybridized carbons (Fsp3) is 0.364. The summed E-state index contributed by atoms with van der Waals surface area (Å²) in [6.45, 7) is 1.87. The van der Waals surface area contributed by atoms with Crippen LogP contribution in [0.2, 0.25) is 0 Å². The van der Waals surface area contributed by atoms with E-state index in [9.17, 15) is 14.0 Å². The molecule has 2 unspecified atom stereocenters. The highest BCUT2D eigenvalue weighted by Crippen LogP contribution is 2.31. The van der Waals surface area contributed by atoms with Gasteiger partial charge in [0.1, 0.15) is 5.82 Å². The Kier molecular flexibility index (Phi) is 5.03. The first-order valence-electron chi connectivity index (χ1n) is 9.50. The van der Waals surface area contributed by atoms with Crippen molar-refractivity contribution in [3.05, 3.63) is 71.5 Å². The van der Waals surface area contributed by atoms with Gasteiger partial charge >= 0.3 is 0 Å². The van der Waals surface area contributed by atoms with Crippen molar-refractivity contribution in [2.45, 2.75) is 31.2 Å². The number of hydrogen-bond acceptors (Lipinski definition) is 3. The summed E-state index contributed by atoms with van der Waals surface area (Å²) >= 11 is 0. The number of carbonyl (C=O) groups is 2. The van der Waals surface area contributed by atoms with E-state index < -0.39 is 0 Å². The van der Waals surface area contributed by atoms with Crippen molar-refractivity contribution in [2.24, 2.45) is 0 Å². The lowest BCUT2D eigenvalue weighted by Gasteiger charge is -2.22. The molecule has 0 aromatic heterocycles. The Hall–Kier alpha value is -2.53. The number of nitrogens with zero attached hydrogens (tertiary/aromatic N) is 2. The average Bonchev–Trinajstić information content (AvgIpc) is 3.27. The van der Waals surface area contributed by atoms with Crippen LogP contribution in [-0.4, -0.2) is 47.3 Å². The first kappa shape index (κ1) is 17.9. The zero-order chi connectivity index (χ0) is 18.8. The van der Waals surface area contributed by atoms with Crippen molar-refractivity contribution in [2.75, 3.05) is 19.6 Å². The Balaban J connectivity index is 1.39. The SMILES string of the molecule is O=C1CC(N2CCC(c3ccccc3)C2)C(=O)N1CCc1ccccc1F. The summed E-state index contributed by atoms with van der Waals surface area (Å²) < 4.78 is 13.8. The summed E-state index contributed by atoms with van der Waals surface area (Å²) in [6.07, 6.45) is 1.58. The normalized spacial score (nSPS) is 23.4. The molecule has 0 bridgehead atoms. The minimum Gasteiger partial charge on any atom is -0.291 e. The monoisotopic (exact) mass is 366 g/mol. The first-order valence-corrected chi connectivity index (χ1v) is 9.50. The number of hydrogen-bond donors (Lipinski definition) is 0. The summed E-state index contributed by atoms with van der Waals surface area (Å²) in [5.41, 5.74) is 1.82. The molecule has 0 aliphatic carbocycles. The molecule has 2 saturated heterocycles. The predicted molar refractivity (Wildman–Crippen MR) is 101 cm³/mol. The van der Waals surface area contributed by atoms with Crippen LogP contribution in [0.15, 0.2) is 54.6 Å². The molecule has 140 valence electrons. The van der Waals surface area contributed by atoms with Crippen molar-refractivity contribution in [3.8, 4) is 0 Å². The van der Waals surface area contributed by atoms with Gasteiger partial charge in [-0.2, -0.15) is 0 Å². The molecular weight excluding hydrogens is 343 g/mol. The fourth-order valence-corrected chi connectivity index (χ4v) is 4.19. The van der Waals surface area contributed by atoms with Crippen LogP contribution >= 0.6 is 0 Å². The van der Waals surface area contributed by atoms with E-state index in [1.165, 1.54) is 16.5 Å². The fourth-order valence-electron chi connectivity index (χ4n) is 4.19. The van der Waals surface area contributed by atoms with Gasteiger partial charge in [-0.1, -0.05) is 48.5 Å². The lowest BCUT2D eigenvalue weighted by molar-refractivity contribution is -0.139. The zero-order valence-electron chi connectivity index (χ0n) is 15.2. The Morgan fingerprint density at radius 1 is 1.00 bits per heavy atom. The second-order valence-electron chi connectivity index (χ2n) is 7.34. The highest BCUT2D eigenvalue weighted by Gasteiger charge is 2.43. The summed E-state index contributed by atoms with van der Waals surface area (Å²) in [5, 5.41) is 0. The third-order valence-corrected chi connectivity index (χ3v) is 5.71. The third kappa shape index (κ3) is 3.65. The maximum absolute atomic E-state index is 13.8. The molecule has 2 aromatic rings. The standard InChI is InChI=1S/C22H23FN2O2/c23-19-9-5-4-8-17(19)11-13-25-21(26)14-20(22(25)27)24-12-10-18(15-24)16-6-2-1-3-7-16/h1-9,18,20H,10-15H2. The number of carbonyl (C=O) groups excluding carboxylic acids is 2. The average molecular weight is 366 g/mol. The molecule has 4 nitrogen and oxygen atoms in total. The third-order valence-electron chi connectivity index (χ3n) is 5.71. The van der Waals surface area contributed by atoms with E-state index in [0.717, 1.165) is 19.5 Å². The molecule has 0 spiro atoms. The van der Waals surface area contributed by atoms with Crippen LogP contribution in [0.1, 0.15) is 29.9 Å². The smallest absolute Gasteiger partial charge is 0.247 e.